The quantitative estimate of drug-likeness (QED) is 0.582. The Balaban J connectivity index is 1.81. The number of anilines is 1. The molecule has 0 saturated heterocycles. The lowest BCUT2D eigenvalue weighted by Crippen LogP contribution is -2.14. The lowest BCUT2D eigenvalue weighted by Gasteiger charge is -2.07. The number of pyridine rings is 1. The molecule has 3 aromatic rings. The molecule has 3 rings (SSSR count). The van der Waals surface area contributed by atoms with Crippen molar-refractivity contribution in [1.29, 1.82) is 0 Å². The number of carbonyl (C=O) groups is 1. The summed E-state index contributed by atoms with van der Waals surface area (Å²) < 4.78 is 1.70. The van der Waals surface area contributed by atoms with E-state index in [2.05, 4.69) is 15.4 Å². The Morgan fingerprint density at radius 3 is 2.56 bits per heavy atom. The van der Waals surface area contributed by atoms with E-state index in [-0.39, 0.29) is 11.3 Å². The van der Waals surface area contributed by atoms with E-state index >= 15 is 0 Å². The maximum atomic E-state index is 12.3. The molecule has 1 aromatic carbocycles. The van der Waals surface area contributed by atoms with Gasteiger partial charge in [-0.05, 0) is 38.1 Å². The monoisotopic (exact) mass is 337 g/mol. The van der Waals surface area contributed by atoms with E-state index in [9.17, 15) is 14.9 Å². The highest BCUT2D eigenvalue weighted by Crippen LogP contribution is 2.19. The molecular weight excluding hydrogens is 322 g/mol. The van der Waals surface area contributed by atoms with Crippen LogP contribution in [-0.4, -0.2) is 25.6 Å². The van der Waals surface area contributed by atoms with Crippen LogP contribution in [0.3, 0.4) is 0 Å². The molecule has 0 aliphatic carbocycles. The van der Waals surface area contributed by atoms with E-state index in [4.69, 9.17) is 0 Å². The average molecular weight is 337 g/mol. The summed E-state index contributed by atoms with van der Waals surface area (Å²) in [5, 5.41) is 18.0. The molecule has 8 heteroatoms. The molecule has 0 bridgehead atoms. The van der Waals surface area contributed by atoms with Gasteiger partial charge < -0.3 is 5.32 Å². The van der Waals surface area contributed by atoms with Gasteiger partial charge in [0.2, 0.25) is 0 Å². The second kappa shape index (κ2) is 6.52. The summed E-state index contributed by atoms with van der Waals surface area (Å²) in [5.41, 5.74) is 2.02. The van der Waals surface area contributed by atoms with Gasteiger partial charge in [0, 0.05) is 11.8 Å². The highest BCUT2D eigenvalue weighted by Gasteiger charge is 2.19. The number of para-hydroxylation sites is 1. The Labute approximate surface area is 143 Å². The summed E-state index contributed by atoms with van der Waals surface area (Å²) in [6, 6.07) is 11.1. The summed E-state index contributed by atoms with van der Waals surface area (Å²) in [6.45, 7) is 3.82. The van der Waals surface area contributed by atoms with Crippen molar-refractivity contribution in [3.05, 3.63) is 75.7 Å². The molecule has 0 radical (unpaired) electrons. The lowest BCUT2D eigenvalue weighted by atomic mass is 10.1. The number of benzene rings is 1. The first kappa shape index (κ1) is 16.3. The minimum Gasteiger partial charge on any atom is -0.320 e. The summed E-state index contributed by atoms with van der Waals surface area (Å²) >= 11 is 0. The Hall–Kier alpha value is -3.55. The van der Waals surface area contributed by atoms with E-state index in [0.29, 0.717) is 11.5 Å². The van der Waals surface area contributed by atoms with Crippen LogP contribution in [0.5, 0.6) is 0 Å². The maximum absolute atomic E-state index is 12.3. The van der Waals surface area contributed by atoms with Crippen LogP contribution >= 0.6 is 0 Å². The zero-order chi connectivity index (χ0) is 18.0. The average Bonchev–Trinajstić information content (AvgIpc) is 2.94. The van der Waals surface area contributed by atoms with Gasteiger partial charge in [0.1, 0.15) is 5.56 Å². The first-order valence-corrected chi connectivity index (χ1v) is 7.50. The molecule has 0 aliphatic heterocycles. The topological polar surface area (TPSA) is 103 Å². The molecule has 2 aromatic heterocycles. The van der Waals surface area contributed by atoms with E-state index in [1.807, 2.05) is 19.9 Å². The summed E-state index contributed by atoms with van der Waals surface area (Å²) in [6.07, 6.45) is 1.48. The minimum atomic E-state index is -0.584. The van der Waals surface area contributed by atoms with E-state index < -0.39 is 10.8 Å². The van der Waals surface area contributed by atoms with Crippen LogP contribution in [-0.2, 0) is 0 Å². The first-order valence-electron chi connectivity index (χ1n) is 7.50. The van der Waals surface area contributed by atoms with Crippen LogP contribution in [0, 0.1) is 24.0 Å². The fraction of sp³-hybridized carbons (Fsp3) is 0.118. The Morgan fingerprint density at radius 2 is 1.96 bits per heavy atom. The van der Waals surface area contributed by atoms with Crippen molar-refractivity contribution in [2.75, 3.05) is 5.32 Å². The molecule has 1 amide bonds. The molecule has 0 unspecified atom stereocenters. The summed E-state index contributed by atoms with van der Waals surface area (Å²) in [4.78, 5) is 27.0. The van der Waals surface area contributed by atoms with Crippen LogP contribution in [0.2, 0.25) is 0 Å². The summed E-state index contributed by atoms with van der Waals surface area (Å²) in [7, 11) is 0. The third kappa shape index (κ3) is 3.37. The van der Waals surface area contributed by atoms with Crippen LogP contribution in [0.15, 0.2) is 48.7 Å². The predicted molar refractivity (Wildman–Crippen MR) is 91.9 cm³/mol. The number of rotatable bonds is 4. The fourth-order valence-electron chi connectivity index (χ4n) is 2.47. The van der Waals surface area contributed by atoms with E-state index in [1.54, 1.807) is 22.9 Å². The molecule has 1 N–H and O–H groups in total. The number of carbonyl (C=O) groups excluding carboxylic acids is 1. The van der Waals surface area contributed by atoms with Crippen molar-refractivity contribution in [1.82, 2.24) is 14.8 Å². The second-order valence-corrected chi connectivity index (χ2v) is 5.47. The SMILES string of the molecule is Cc1cc(C)n(-c2ccc(NC(=O)c3ccccc3[N+](=O)[O-])cn2)n1. The molecule has 2 heterocycles. The van der Waals surface area contributed by atoms with E-state index in [1.165, 1.54) is 24.4 Å². The second-order valence-electron chi connectivity index (χ2n) is 5.47. The number of nitrogens with zero attached hydrogens (tertiary/aromatic N) is 4. The van der Waals surface area contributed by atoms with Gasteiger partial charge in [0.05, 0.1) is 22.5 Å². The zero-order valence-electron chi connectivity index (χ0n) is 13.6. The third-order valence-corrected chi connectivity index (χ3v) is 3.58. The number of hydrogen-bond acceptors (Lipinski definition) is 5. The van der Waals surface area contributed by atoms with Crippen molar-refractivity contribution in [3.8, 4) is 5.82 Å². The largest absolute Gasteiger partial charge is 0.320 e. The van der Waals surface area contributed by atoms with Crippen molar-refractivity contribution < 1.29 is 9.72 Å². The van der Waals surface area contributed by atoms with Crippen molar-refractivity contribution >= 4 is 17.3 Å². The smallest absolute Gasteiger partial charge is 0.282 e. The molecule has 126 valence electrons. The van der Waals surface area contributed by atoms with Crippen molar-refractivity contribution in [3.63, 3.8) is 0 Å². The van der Waals surface area contributed by atoms with Gasteiger partial charge in [0.15, 0.2) is 5.82 Å². The fourth-order valence-corrected chi connectivity index (χ4v) is 2.47. The third-order valence-electron chi connectivity index (χ3n) is 3.58. The Bertz CT molecular complexity index is 947. The number of nitro benzene ring substituents is 1. The number of hydrogen-bond donors (Lipinski definition) is 1. The van der Waals surface area contributed by atoms with Gasteiger partial charge in [0.25, 0.3) is 11.6 Å². The Morgan fingerprint density at radius 1 is 1.20 bits per heavy atom. The molecule has 0 aliphatic rings. The first-order chi connectivity index (χ1) is 12.0. The van der Waals surface area contributed by atoms with Crippen LogP contribution in [0.25, 0.3) is 5.82 Å². The van der Waals surface area contributed by atoms with Gasteiger partial charge in [-0.1, -0.05) is 12.1 Å². The highest BCUT2D eigenvalue weighted by molar-refractivity contribution is 6.06. The van der Waals surface area contributed by atoms with Gasteiger partial charge in [-0.15, -0.1) is 0 Å². The molecule has 8 nitrogen and oxygen atoms in total. The normalized spacial score (nSPS) is 10.5. The maximum Gasteiger partial charge on any atom is 0.282 e. The van der Waals surface area contributed by atoms with Crippen LogP contribution in [0.1, 0.15) is 21.7 Å². The van der Waals surface area contributed by atoms with Gasteiger partial charge >= 0.3 is 0 Å². The summed E-state index contributed by atoms with van der Waals surface area (Å²) in [5.74, 6) is 0.0576. The predicted octanol–water partition coefficient (Wildman–Crippen LogP) is 3.04. The molecule has 0 spiro atoms. The van der Waals surface area contributed by atoms with Crippen molar-refractivity contribution in [2.24, 2.45) is 0 Å². The lowest BCUT2D eigenvalue weighted by molar-refractivity contribution is -0.385. The van der Waals surface area contributed by atoms with Gasteiger partial charge in [-0.25, -0.2) is 9.67 Å². The van der Waals surface area contributed by atoms with Gasteiger partial charge in [-0.3, -0.25) is 14.9 Å². The molecule has 0 atom stereocenters. The van der Waals surface area contributed by atoms with E-state index in [0.717, 1.165) is 11.4 Å². The standard InChI is InChI=1S/C17H15N5O3/c1-11-9-12(2)21(20-11)16-8-7-13(10-18-16)19-17(23)14-5-3-4-6-15(14)22(24)25/h3-10H,1-2H3,(H,19,23). The number of nitrogens with one attached hydrogen (secondary N) is 1. The molecule has 25 heavy (non-hydrogen) atoms. The Kier molecular flexibility index (Phi) is 4.25. The number of aromatic nitrogens is 3. The van der Waals surface area contributed by atoms with Crippen LogP contribution in [0.4, 0.5) is 11.4 Å². The molecule has 0 saturated carbocycles. The molecular formula is C17H15N5O3. The van der Waals surface area contributed by atoms with Crippen LogP contribution < -0.4 is 5.32 Å². The highest BCUT2D eigenvalue weighted by atomic mass is 16.6. The van der Waals surface area contributed by atoms with Gasteiger partial charge in [-0.2, -0.15) is 5.10 Å². The molecule has 0 fully saturated rings. The zero-order valence-corrected chi connectivity index (χ0v) is 13.6. The minimum absolute atomic E-state index is 0.00452. The number of amides is 1. The number of aryl methyl sites for hydroxylation is 2. The van der Waals surface area contributed by atoms with Crippen molar-refractivity contribution in [2.45, 2.75) is 13.8 Å². The number of nitro groups is 1.